The van der Waals surface area contributed by atoms with Gasteiger partial charge in [0.1, 0.15) is 0 Å². The Kier molecular flexibility index (Phi) is 8.84. The Bertz CT molecular complexity index is 265. The molecule has 0 aromatic heterocycles. The third-order valence-corrected chi connectivity index (χ3v) is 3.63. The first-order chi connectivity index (χ1) is 4.72. The molecule has 0 atom stereocenters. The van der Waals surface area contributed by atoms with Gasteiger partial charge in [-0.15, -0.1) is 0 Å². The molecule has 1 aromatic rings. The maximum Gasteiger partial charge on any atom is 1.00 e. The zero-order valence-electron chi connectivity index (χ0n) is 6.83. The van der Waals surface area contributed by atoms with Crippen molar-refractivity contribution < 1.29 is 71.1 Å². The van der Waals surface area contributed by atoms with Gasteiger partial charge in [0.15, 0.2) is 0 Å². The standard InChI is InChI=1S/C7H5O2.Hg.Na.H2O/c8-7(9)6-4-2-1-3-5-6;;;/h1-4H,(H,8,9);;;1H2/q;;+1;/p-1. The summed E-state index contributed by atoms with van der Waals surface area (Å²) in [5.41, 5.74) is 0.353. The maximum absolute atomic E-state index is 10.3. The third kappa shape index (κ3) is 4.00. The van der Waals surface area contributed by atoms with E-state index in [1.807, 2.05) is 12.1 Å². The van der Waals surface area contributed by atoms with E-state index in [9.17, 15) is 9.90 Å². The molecule has 0 saturated heterocycles. The van der Waals surface area contributed by atoms with Crippen LogP contribution in [0, 0.1) is 0 Å². The molecule has 1 aromatic carbocycles. The average molecular weight is 362 g/mol. The number of carboxylic acid groups (broad SMARTS) is 1. The van der Waals surface area contributed by atoms with Crippen LogP contribution >= 0.6 is 0 Å². The van der Waals surface area contributed by atoms with E-state index in [1.54, 1.807) is 12.1 Å². The van der Waals surface area contributed by atoms with Gasteiger partial charge in [0.2, 0.25) is 0 Å². The van der Waals surface area contributed by atoms with Gasteiger partial charge in [-0.1, -0.05) is 0 Å². The zero-order valence-corrected chi connectivity index (χ0v) is 14.3. The number of hydrogen-bond donors (Lipinski definition) is 0. The summed E-state index contributed by atoms with van der Waals surface area (Å²) in [5.74, 6) is -1.06. The zero-order chi connectivity index (χ0) is 7.56. The predicted molar refractivity (Wildman–Crippen MR) is 34.0 cm³/mol. The van der Waals surface area contributed by atoms with Gasteiger partial charge in [0.05, 0.1) is 0 Å². The third-order valence-electron chi connectivity index (χ3n) is 1.24. The summed E-state index contributed by atoms with van der Waals surface area (Å²) in [6.45, 7) is 0. The fraction of sp³-hybridized carbons (Fsp3) is 0. The van der Waals surface area contributed by atoms with Gasteiger partial charge < -0.3 is 5.48 Å². The number of benzene rings is 1. The molecule has 0 spiro atoms. The van der Waals surface area contributed by atoms with Crippen molar-refractivity contribution in [3.8, 4) is 0 Å². The first-order valence-corrected chi connectivity index (χ1v) is 5.59. The van der Waals surface area contributed by atoms with Gasteiger partial charge in [-0.2, -0.15) is 0 Å². The summed E-state index contributed by atoms with van der Waals surface area (Å²) < 4.78 is 0.933. The predicted octanol–water partition coefficient (Wildman–Crippen LogP) is -4.60. The summed E-state index contributed by atoms with van der Waals surface area (Å²) in [6.07, 6.45) is 0. The molecule has 0 aliphatic heterocycles. The molecule has 0 heterocycles. The second-order valence-electron chi connectivity index (χ2n) is 1.94. The smallest absolute Gasteiger partial charge is 1.00 e. The number of carboxylic acids is 1. The van der Waals surface area contributed by atoms with Crippen LogP contribution in [0.15, 0.2) is 24.3 Å². The summed E-state index contributed by atoms with van der Waals surface area (Å²) in [7, 11) is 0. The number of carbonyl (C=O) groups is 1. The van der Waals surface area contributed by atoms with Gasteiger partial charge in [0.25, 0.3) is 0 Å². The van der Waals surface area contributed by atoms with E-state index in [0.29, 0.717) is 31.7 Å². The monoisotopic (exact) mass is 363 g/mol. The normalized spacial score (nSPS) is 7.83. The number of hydrogen-bond acceptors (Lipinski definition) is 2. The van der Waals surface area contributed by atoms with Gasteiger partial charge in [-0.05, 0) is 0 Å². The maximum atomic E-state index is 10.3. The van der Waals surface area contributed by atoms with E-state index in [1.165, 1.54) is 0 Å². The van der Waals surface area contributed by atoms with Gasteiger partial charge in [-0.25, -0.2) is 0 Å². The fourth-order valence-corrected chi connectivity index (χ4v) is 2.27. The molecular formula is C7H6HgNaO3. The van der Waals surface area contributed by atoms with Crippen molar-refractivity contribution in [2.24, 2.45) is 0 Å². The Hall–Kier alpha value is 0.585. The molecule has 0 bridgehead atoms. The molecule has 0 radical (unpaired) electrons. The summed E-state index contributed by atoms with van der Waals surface area (Å²) in [5, 5.41) is 10.3. The van der Waals surface area contributed by atoms with E-state index < -0.39 is 5.97 Å². The molecule has 12 heavy (non-hydrogen) atoms. The minimum atomic E-state index is -1.06. The van der Waals surface area contributed by atoms with Gasteiger partial charge in [-0.3, -0.25) is 0 Å². The molecule has 5 heteroatoms. The van der Waals surface area contributed by atoms with Crippen molar-refractivity contribution in [2.75, 3.05) is 0 Å². The molecule has 55 valence electrons. The van der Waals surface area contributed by atoms with Crippen molar-refractivity contribution in [1.29, 1.82) is 0 Å². The van der Waals surface area contributed by atoms with Crippen LogP contribution in [-0.4, -0.2) is 11.4 Å². The molecular weight excluding hydrogens is 356 g/mol. The summed E-state index contributed by atoms with van der Waals surface area (Å²) >= 11 is 0.357. The van der Waals surface area contributed by atoms with Crippen LogP contribution in [0.25, 0.3) is 0 Å². The first-order valence-electron chi connectivity index (χ1n) is 2.84. The largest absolute Gasteiger partial charge is 1.00 e. The van der Waals surface area contributed by atoms with Crippen molar-refractivity contribution in [1.82, 2.24) is 0 Å². The molecule has 3 nitrogen and oxygen atoms in total. The van der Waals surface area contributed by atoms with Crippen LogP contribution in [0.3, 0.4) is 0 Å². The summed E-state index contributed by atoms with van der Waals surface area (Å²) in [4.78, 5) is 10.3. The second kappa shape index (κ2) is 7.03. The number of aromatic carboxylic acids is 1. The van der Waals surface area contributed by atoms with E-state index in [2.05, 4.69) is 0 Å². The van der Waals surface area contributed by atoms with Crippen molar-refractivity contribution in [2.45, 2.75) is 0 Å². The Labute approximate surface area is 109 Å². The van der Waals surface area contributed by atoms with Crippen LogP contribution < -0.4 is 37.7 Å². The van der Waals surface area contributed by atoms with E-state index in [-0.39, 0.29) is 35.0 Å². The van der Waals surface area contributed by atoms with Gasteiger partial charge in [0, 0.05) is 0 Å². The number of carbonyl (C=O) groups excluding carboxylic acids is 1. The molecule has 1 rings (SSSR count). The Morgan fingerprint density at radius 2 is 1.83 bits per heavy atom. The molecule has 0 fully saturated rings. The van der Waals surface area contributed by atoms with Crippen LogP contribution in [-0.2, 0) is 26.1 Å². The Balaban J connectivity index is 0. The van der Waals surface area contributed by atoms with Crippen LogP contribution in [0.4, 0.5) is 0 Å². The molecule has 0 unspecified atom stereocenters. The molecule has 0 amide bonds. The molecule has 0 aliphatic carbocycles. The molecule has 0 saturated carbocycles. The number of rotatable bonds is 1. The van der Waals surface area contributed by atoms with Crippen LogP contribution in [0.5, 0.6) is 0 Å². The minimum absolute atomic E-state index is 0. The average Bonchev–Trinajstić information content (AvgIpc) is 1.88. The molecule has 2 N–H and O–H groups in total. The van der Waals surface area contributed by atoms with Crippen LogP contribution in [0.1, 0.15) is 10.4 Å². The quantitative estimate of drug-likeness (QED) is 0.472. The van der Waals surface area contributed by atoms with E-state index in [4.69, 9.17) is 0 Å². The van der Waals surface area contributed by atoms with Crippen molar-refractivity contribution in [3.63, 3.8) is 0 Å². The first kappa shape index (κ1) is 15.1. The van der Waals surface area contributed by atoms with Crippen molar-refractivity contribution >= 4 is 9.04 Å². The van der Waals surface area contributed by atoms with Gasteiger partial charge >= 0.3 is 104 Å². The van der Waals surface area contributed by atoms with E-state index >= 15 is 0 Å². The molecule has 0 aliphatic rings. The summed E-state index contributed by atoms with van der Waals surface area (Å²) in [6, 6.07) is 6.96. The fourth-order valence-electron chi connectivity index (χ4n) is 0.719. The van der Waals surface area contributed by atoms with Crippen LogP contribution in [0.2, 0.25) is 0 Å². The topological polar surface area (TPSA) is 71.6 Å². The van der Waals surface area contributed by atoms with E-state index in [0.717, 1.165) is 3.07 Å². The second-order valence-corrected chi connectivity index (χ2v) is 4.91. The minimum Gasteiger partial charge on any atom is 1.00 e. The SMILES string of the molecule is O.O=C([O-])c1cccc[c]1[Hg].[Na+]. The van der Waals surface area contributed by atoms with Crippen molar-refractivity contribution in [3.05, 3.63) is 29.8 Å². The Morgan fingerprint density at radius 1 is 1.33 bits per heavy atom. The Morgan fingerprint density at radius 3 is 2.17 bits per heavy atom.